The Morgan fingerprint density at radius 3 is 2.76 bits per heavy atom. The summed E-state index contributed by atoms with van der Waals surface area (Å²) in [5.41, 5.74) is 0.969. The number of aromatic nitrogens is 2. The fourth-order valence-corrected chi connectivity index (χ4v) is 1.30. The maximum absolute atomic E-state index is 11.1. The summed E-state index contributed by atoms with van der Waals surface area (Å²) in [6, 6.07) is 0. The Labute approximate surface area is 102 Å². The van der Waals surface area contributed by atoms with Crippen molar-refractivity contribution in [2.45, 2.75) is 39.7 Å². The summed E-state index contributed by atoms with van der Waals surface area (Å²) in [4.78, 5) is 11.1. The molecule has 4 heteroatoms. The molecule has 0 aliphatic rings. The van der Waals surface area contributed by atoms with E-state index in [4.69, 9.17) is 4.74 Å². The van der Waals surface area contributed by atoms with E-state index in [9.17, 15) is 4.79 Å². The second-order valence-electron chi connectivity index (χ2n) is 4.80. The predicted molar refractivity (Wildman–Crippen MR) is 67.5 cm³/mol. The van der Waals surface area contributed by atoms with Gasteiger partial charge in [-0.15, -0.1) is 0 Å². The Bertz CT molecular complexity index is 400. The third-order valence-electron chi connectivity index (χ3n) is 2.19. The van der Waals surface area contributed by atoms with E-state index in [0.29, 0.717) is 13.0 Å². The van der Waals surface area contributed by atoms with E-state index in [1.165, 1.54) is 0 Å². The highest BCUT2D eigenvalue weighted by Crippen LogP contribution is 2.13. The number of carbonyl (C=O) groups is 1. The Morgan fingerprint density at radius 1 is 1.53 bits per heavy atom. The van der Waals surface area contributed by atoms with Gasteiger partial charge in [-0.3, -0.25) is 9.48 Å². The van der Waals surface area contributed by atoms with Crippen LogP contribution < -0.4 is 0 Å². The van der Waals surface area contributed by atoms with Crippen molar-refractivity contribution < 1.29 is 9.53 Å². The lowest BCUT2D eigenvalue weighted by Crippen LogP contribution is -2.21. The maximum atomic E-state index is 11.1. The molecule has 0 aliphatic heterocycles. The molecule has 0 unspecified atom stereocenters. The van der Waals surface area contributed by atoms with E-state index in [1.807, 2.05) is 17.0 Å². The first-order valence-electron chi connectivity index (χ1n) is 5.81. The first-order chi connectivity index (χ1) is 7.93. The molecule has 1 rings (SSSR count). The molecular formula is C13H20N2O2. The van der Waals surface area contributed by atoms with Gasteiger partial charge in [0.25, 0.3) is 0 Å². The molecule has 0 aromatic carbocycles. The Balaban J connectivity index is 2.55. The van der Waals surface area contributed by atoms with Crippen LogP contribution in [0.5, 0.6) is 0 Å². The van der Waals surface area contributed by atoms with E-state index in [2.05, 4.69) is 25.9 Å². The van der Waals surface area contributed by atoms with Gasteiger partial charge < -0.3 is 4.74 Å². The van der Waals surface area contributed by atoms with Crippen LogP contribution in [-0.2, 0) is 15.1 Å². The monoisotopic (exact) mass is 236 g/mol. The van der Waals surface area contributed by atoms with Crippen LogP contribution in [0.25, 0.3) is 6.08 Å². The molecule has 0 N–H and O–H groups in total. The van der Waals surface area contributed by atoms with Crippen LogP contribution in [0.3, 0.4) is 0 Å². The molecule has 0 saturated carbocycles. The van der Waals surface area contributed by atoms with Crippen molar-refractivity contribution in [3.05, 3.63) is 24.0 Å². The lowest BCUT2D eigenvalue weighted by atomic mass is 10.1. The van der Waals surface area contributed by atoms with Crippen LogP contribution in [0.1, 0.15) is 39.7 Å². The lowest BCUT2D eigenvalue weighted by Gasteiger charge is -2.18. The van der Waals surface area contributed by atoms with E-state index in [-0.39, 0.29) is 11.5 Å². The Morgan fingerprint density at radius 2 is 2.24 bits per heavy atom. The molecule has 0 aliphatic carbocycles. The maximum Gasteiger partial charge on any atom is 0.309 e. The minimum Gasteiger partial charge on any atom is -0.466 e. The fourth-order valence-electron chi connectivity index (χ4n) is 1.30. The zero-order valence-corrected chi connectivity index (χ0v) is 10.9. The average Bonchev–Trinajstić information content (AvgIpc) is 2.66. The summed E-state index contributed by atoms with van der Waals surface area (Å²) in [6.07, 6.45) is 7.72. The molecule has 1 aromatic heterocycles. The summed E-state index contributed by atoms with van der Waals surface area (Å²) < 4.78 is 6.73. The van der Waals surface area contributed by atoms with Crippen molar-refractivity contribution in [1.82, 2.24) is 9.78 Å². The SMILES string of the molecule is CCOC(=O)CC=Cc1cnn(C(C)(C)C)c1. The minimum atomic E-state index is -0.202. The topological polar surface area (TPSA) is 44.1 Å². The molecule has 0 spiro atoms. The van der Waals surface area contributed by atoms with Crippen molar-refractivity contribution in [2.24, 2.45) is 0 Å². The van der Waals surface area contributed by atoms with Gasteiger partial charge >= 0.3 is 5.97 Å². The molecule has 0 bridgehead atoms. The number of hydrogen-bond acceptors (Lipinski definition) is 3. The summed E-state index contributed by atoms with van der Waals surface area (Å²) >= 11 is 0. The lowest BCUT2D eigenvalue weighted by molar-refractivity contribution is -0.142. The molecule has 0 radical (unpaired) electrons. The largest absolute Gasteiger partial charge is 0.466 e. The molecule has 4 nitrogen and oxygen atoms in total. The highest BCUT2D eigenvalue weighted by atomic mass is 16.5. The molecule has 0 saturated heterocycles. The highest BCUT2D eigenvalue weighted by Gasteiger charge is 2.12. The van der Waals surface area contributed by atoms with Crippen LogP contribution in [0.2, 0.25) is 0 Å². The second-order valence-corrected chi connectivity index (χ2v) is 4.80. The van der Waals surface area contributed by atoms with Crippen LogP contribution in [-0.4, -0.2) is 22.4 Å². The number of esters is 1. The average molecular weight is 236 g/mol. The van der Waals surface area contributed by atoms with Crippen LogP contribution >= 0.6 is 0 Å². The number of rotatable bonds is 4. The standard InChI is InChI=1S/C13H20N2O2/c1-5-17-12(16)8-6-7-11-9-14-15(10-11)13(2,3)4/h6-7,9-10H,5,8H2,1-4H3. The molecule has 1 heterocycles. The van der Waals surface area contributed by atoms with Gasteiger partial charge in [0.05, 0.1) is 24.8 Å². The molecule has 17 heavy (non-hydrogen) atoms. The smallest absolute Gasteiger partial charge is 0.309 e. The van der Waals surface area contributed by atoms with Crippen LogP contribution in [0, 0.1) is 0 Å². The Hall–Kier alpha value is -1.58. The predicted octanol–water partition coefficient (Wildman–Crippen LogP) is 2.60. The van der Waals surface area contributed by atoms with Gasteiger partial charge in [-0.05, 0) is 27.7 Å². The summed E-state index contributed by atoms with van der Waals surface area (Å²) in [7, 11) is 0. The minimum absolute atomic E-state index is 0.0206. The summed E-state index contributed by atoms with van der Waals surface area (Å²) in [5, 5.41) is 4.27. The molecule has 94 valence electrons. The van der Waals surface area contributed by atoms with Gasteiger partial charge in [0.2, 0.25) is 0 Å². The molecule has 0 amide bonds. The zero-order chi connectivity index (χ0) is 12.9. The van der Waals surface area contributed by atoms with Crippen molar-refractivity contribution in [1.29, 1.82) is 0 Å². The zero-order valence-electron chi connectivity index (χ0n) is 10.9. The number of nitrogens with zero attached hydrogens (tertiary/aromatic N) is 2. The van der Waals surface area contributed by atoms with Gasteiger partial charge in [-0.1, -0.05) is 12.2 Å². The Kier molecular flexibility index (Phi) is 4.49. The fraction of sp³-hybridized carbons (Fsp3) is 0.538. The normalized spacial score (nSPS) is 12.0. The number of ether oxygens (including phenoxy) is 1. The van der Waals surface area contributed by atoms with Gasteiger partial charge in [0.15, 0.2) is 0 Å². The van der Waals surface area contributed by atoms with Crippen LogP contribution in [0.15, 0.2) is 18.5 Å². The van der Waals surface area contributed by atoms with Crippen molar-refractivity contribution >= 4 is 12.0 Å². The third-order valence-corrected chi connectivity index (χ3v) is 2.19. The van der Waals surface area contributed by atoms with Gasteiger partial charge in [-0.2, -0.15) is 5.10 Å². The van der Waals surface area contributed by atoms with E-state index in [0.717, 1.165) is 5.56 Å². The first kappa shape index (κ1) is 13.5. The van der Waals surface area contributed by atoms with Crippen molar-refractivity contribution in [3.8, 4) is 0 Å². The molecule has 0 fully saturated rings. The van der Waals surface area contributed by atoms with Gasteiger partial charge in [0, 0.05) is 11.8 Å². The van der Waals surface area contributed by atoms with Crippen LogP contribution in [0.4, 0.5) is 0 Å². The third kappa shape index (κ3) is 4.43. The first-order valence-corrected chi connectivity index (χ1v) is 5.81. The van der Waals surface area contributed by atoms with E-state index < -0.39 is 0 Å². The molecular weight excluding hydrogens is 216 g/mol. The van der Waals surface area contributed by atoms with Gasteiger partial charge in [0.1, 0.15) is 0 Å². The summed E-state index contributed by atoms with van der Waals surface area (Å²) in [6.45, 7) is 8.49. The summed E-state index contributed by atoms with van der Waals surface area (Å²) in [5.74, 6) is -0.202. The quantitative estimate of drug-likeness (QED) is 0.755. The van der Waals surface area contributed by atoms with E-state index in [1.54, 1.807) is 19.2 Å². The number of hydrogen-bond donors (Lipinski definition) is 0. The molecule has 0 atom stereocenters. The molecule has 1 aromatic rings. The van der Waals surface area contributed by atoms with Crippen molar-refractivity contribution in [3.63, 3.8) is 0 Å². The van der Waals surface area contributed by atoms with Gasteiger partial charge in [-0.25, -0.2) is 0 Å². The number of carbonyl (C=O) groups excluding carboxylic acids is 1. The van der Waals surface area contributed by atoms with E-state index >= 15 is 0 Å². The van der Waals surface area contributed by atoms with Crippen molar-refractivity contribution in [2.75, 3.05) is 6.61 Å². The second kappa shape index (κ2) is 5.66. The highest BCUT2D eigenvalue weighted by molar-refractivity contribution is 5.72.